The van der Waals surface area contributed by atoms with Gasteiger partial charge < -0.3 is 20.9 Å². The largest absolute Gasteiger partial charge is 0.397 e. The molecule has 4 N–H and O–H groups in total. The van der Waals surface area contributed by atoms with Gasteiger partial charge in [-0.15, -0.1) is 0 Å². The topological polar surface area (TPSA) is 67.5 Å². The first-order valence-electron chi connectivity index (χ1n) is 5.13. The highest BCUT2D eigenvalue weighted by molar-refractivity contribution is 5.67. The molecule has 0 heterocycles. The third-order valence-corrected chi connectivity index (χ3v) is 2.21. The van der Waals surface area contributed by atoms with Crippen LogP contribution in [0.2, 0.25) is 0 Å². The summed E-state index contributed by atoms with van der Waals surface area (Å²) < 4.78 is 29.5. The molecule has 0 aliphatic rings. The number of ether oxygens (including phenoxy) is 1. The number of nitrogens with one attached hydrogen (secondary N) is 1. The molecule has 0 aromatic heterocycles. The van der Waals surface area contributed by atoms with Gasteiger partial charge in [0.2, 0.25) is 0 Å². The molecule has 0 bridgehead atoms. The molecular formula is C11H16F2N2O2. The standard InChI is InChI=1S/C11H16F2N2O2/c1-17-6-8(16)5-15-10-3-2-7(11(12)13)4-9(10)14/h2-4,8,11,15-16H,5-6,14H2,1H3. The summed E-state index contributed by atoms with van der Waals surface area (Å²) in [7, 11) is 1.48. The molecule has 0 aliphatic heterocycles. The van der Waals surface area contributed by atoms with E-state index < -0.39 is 12.5 Å². The molecule has 1 rings (SSSR count). The Morgan fingerprint density at radius 1 is 1.47 bits per heavy atom. The quantitative estimate of drug-likeness (QED) is 0.667. The summed E-state index contributed by atoms with van der Waals surface area (Å²) in [6, 6.07) is 3.98. The predicted octanol–water partition coefficient (Wildman–Crippen LogP) is 1.63. The molecule has 1 atom stereocenters. The molecule has 6 heteroatoms. The first-order valence-corrected chi connectivity index (χ1v) is 5.13. The molecule has 0 aliphatic carbocycles. The highest BCUT2D eigenvalue weighted by atomic mass is 19.3. The van der Waals surface area contributed by atoms with Crippen molar-refractivity contribution in [2.24, 2.45) is 0 Å². The van der Waals surface area contributed by atoms with Crippen molar-refractivity contribution in [1.82, 2.24) is 0 Å². The molecule has 0 radical (unpaired) electrons. The fourth-order valence-electron chi connectivity index (χ4n) is 1.36. The van der Waals surface area contributed by atoms with Crippen LogP contribution in [0.4, 0.5) is 20.2 Å². The lowest BCUT2D eigenvalue weighted by atomic mass is 10.1. The Labute approximate surface area is 98.4 Å². The van der Waals surface area contributed by atoms with Gasteiger partial charge in [0, 0.05) is 19.2 Å². The second kappa shape index (κ2) is 6.36. The molecule has 0 spiro atoms. The van der Waals surface area contributed by atoms with Gasteiger partial charge in [-0.25, -0.2) is 8.78 Å². The van der Waals surface area contributed by atoms with E-state index in [-0.39, 0.29) is 24.4 Å². The highest BCUT2D eigenvalue weighted by Crippen LogP contribution is 2.26. The van der Waals surface area contributed by atoms with Crippen LogP contribution in [0.3, 0.4) is 0 Å². The zero-order chi connectivity index (χ0) is 12.8. The van der Waals surface area contributed by atoms with E-state index in [1.54, 1.807) is 0 Å². The Bertz CT molecular complexity index is 361. The van der Waals surface area contributed by atoms with Gasteiger partial charge in [0.1, 0.15) is 0 Å². The van der Waals surface area contributed by atoms with E-state index in [4.69, 9.17) is 10.5 Å². The number of benzene rings is 1. The summed E-state index contributed by atoms with van der Waals surface area (Å²) in [6.45, 7) is 0.439. The highest BCUT2D eigenvalue weighted by Gasteiger charge is 2.10. The first-order chi connectivity index (χ1) is 8.04. The SMILES string of the molecule is COCC(O)CNc1ccc(C(F)F)cc1N. The van der Waals surface area contributed by atoms with Gasteiger partial charge in [0.15, 0.2) is 0 Å². The van der Waals surface area contributed by atoms with E-state index in [1.807, 2.05) is 0 Å². The fourth-order valence-corrected chi connectivity index (χ4v) is 1.36. The molecule has 0 saturated heterocycles. The number of nitrogen functional groups attached to an aromatic ring is 1. The zero-order valence-electron chi connectivity index (χ0n) is 9.49. The smallest absolute Gasteiger partial charge is 0.263 e. The Morgan fingerprint density at radius 2 is 2.18 bits per heavy atom. The third-order valence-electron chi connectivity index (χ3n) is 2.21. The van der Waals surface area contributed by atoms with Crippen LogP contribution in [0.1, 0.15) is 12.0 Å². The summed E-state index contributed by atoms with van der Waals surface area (Å²) in [6.07, 6.45) is -3.21. The number of hydrogen-bond acceptors (Lipinski definition) is 4. The van der Waals surface area contributed by atoms with Crippen molar-refractivity contribution < 1.29 is 18.6 Å². The molecule has 4 nitrogen and oxygen atoms in total. The van der Waals surface area contributed by atoms with Crippen LogP contribution in [-0.4, -0.2) is 31.5 Å². The minimum Gasteiger partial charge on any atom is -0.397 e. The van der Waals surface area contributed by atoms with Crippen molar-refractivity contribution >= 4 is 11.4 Å². The molecular weight excluding hydrogens is 230 g/mol. The second-order valence-electron chi connectivity index (χ2n) is 3.64. The van der Waals surface area contributed by atoms with E-state index in [0.29, 0.717) is 5.69 Å². The molecule has 1 aromatic rings. The lowest BCUT2D eigenvalue weighted by Gasteiger charge is -2.14. The molecule has 1 unspecified atom stereocenters. The van der Waals surface area contributed by atoms with Crippen molar-refractivity contribution in [2.75, 3.05) is 31.3 Å². The van der Waals surface area contributed by atoms with Crippen molar-refractivity contribution in [3.05, 3.63) is 23.8 Å². The number of aliphatic hydroxyl groups excluding tert-OH is 1. The average molecular weight is 246 g/mol. The normalized spacial score (nSPS) is 12.8. The predicted molar refractivity (Wildman–Crippen MR) is 62.2 cm³/mol. The van der Waals surface area contributed by atoms with Crippen LogP contribution in [0, 0.1) is 0 Å². The summed E-state index contributed by atoms with van der Waals surface area (Å²) in [5.74, 6) is 0. The zero-order valence-corrected chi connectivity index (χ0v) is 9.49. The lowest BCUT2D eigenvalue weighted by molar-refractivity contribution is 0.0727. The van der Waals surface area contributed by atoms with Crippen LogP contribution in [-0.2, 0) is 4.74 Å². The number of alkyl halides is 2. The number of methoxy groups -OCH3 is 1. The molecule has 0 amide bonds. The van der Waals surface area contributed by atoms with Crippen LogP contribution in [0.5, 0.6) is 0 Å². The number of hydrogen-bond donors (Lipinski definition) is 3. The number of aliphatic hydroxyl groups is 1. The summed E-state index contributed by atoms with van der Waals surface area (Å²) in [5.41, 5.74) is 6.24. The average Bonchev–Trinajstić information content (AvgIpc) is 2.27. The number of nitrogens with two attached hydrogens (primary N) is 1. The molecule has 0 fully saturated rings. The van der Waals surface area contributed by atoms with Crippen LogP contribution < -0.4 is 11.1 Å². The van der Waals surface area contributed by atoms with Crippen LogP contribution in [0.15, 0.2) is 18.2 Å². The Morgan fingerprint density at radius 3 is 2.71 bits per heavy atom. The van der Waals surface area contributed by atoms with E-state index >= 15 is 0 Å². The Kier molecular flexibility index (Phi) is 5.11. The maximum atomic E-state index is 12.4. The maximum absolute atomic E-state index is 12.4. The van der Waals surface area contributed by atoms with Gasteiger partial charge in [0.05, 0.1) is 24.1 Å². The minimum atomic E-state index is -2.54. The van der Waals surface area contributed by atoms with Gasteiger partial charge in [-0.05, 0) is 12.1 Å². The van der Waals surface area contributed by atoms with Gasteiger partial charge in [-0.2, -0.15) is 0 Å². The fraction of sp³-hybridized carbons (Fsp3) is 0.455. The van der Waals surface area contributed by atoms with E-state index in [2.05, 4.69) is 5.32 Å². The van der Waals surface area contributed by atoms with Crippen LogP contribution in [0.25, 0.3) is 0 Å². The molecule has 0 saturated carbocycles. The maximum Gasteiger partial charge on any atom is 0.263 e. The summed E-state index contributed by atoms with van der Waals surface area (Å²) in [5, 5.41) is 12.3. The Balaban J connectivity index is 2.60. The number of halogens is 2. The molecule has 17 heavy (non-hydrogen) atoms. The molecule has 1 aromatic carbocycles. The van der Waals surface area contributed by atoms with Gasteiger partial charge in [-0.1, -0.05) is 6.07 Å². The number of rotatable bonds is 6. The van der Waals surface area contributed by atoms with Gasteiger partial charge in [-0.3, -0.25) is 0 Å². The summed E-state index contributed by atoms with van der Waals surface area (Å²) >= 11 is 0. The van der Waals surface area contributed by atoms with E-state index in [9.17, 15) is 13.9 Å². The first kappa shape index (κ1) is 13.7. The van der Waals surface area contributed by atoms with Crippen molar-refractivity contribution in [3.63, 3.8) is 0 Å². The minimum absolute atomic E-state index is 0.120. The second-order valence-corrected chi connectivity index (χ2v) is 3.64. The summed E-state index contributed by atoms with van der Waals surface area (Å²) in [4.78, 5) is 0. The number of anilines is 2. The Hall–Kier alpha value is -1.40. The lowest BCUT2D eigenvalue weighted by Crippen LogP contribution is -2.24. The third kappa shape index (κ3) is 4.16. The molecule has 96 valence electrons. The van der Waals surface area contributed by atoms with Crippen LogP contribution >= 0.6 is 0 Å². The van der Waals surface area contributed by atoms with Crippen molar-refractivity contribution in [2.45, 2.75) is 12.5 Å². The van der Waals surface area contributed by atoms with Gasteiger partial charge in [0.25, 0.3) is 6.43 Å². The van der Waals surface area contributed by atoms with E-state index in [0.717, 1.165) is 0 Å². The monoisotopic (exact) mass is 246 g/mol. The van der Waals surface area contributed by atoms with Crippen molar-refractivity contribution in [3.8, 4) is 0 Å². The van der Waals surface area contributed by atoms with Gasteiger partial charge >= 0.3 is 0 Å². The van der Waals surface area contributed by atoms with E-state index in [1.165, 1.54) is 25.3 Å². The van der Waals surface area contributed by atoms with Crippen molar-refractivity contribution in [1.29, 1.82) is 0 Å².